The molecule has 2 atom stereocenters. The van der Waals surface area contributed by atoms with Gasteiger partial charge in [0, 0.05) is 13.1 Å². The van der Waals surface area contributed by atoms with E-state index in [0.717, 1.165) is 30.5 Å². The minimum atomic E-state index is -3.39. The molecule has 0 bridgehead atoms. The first kappa shape index (κ1) is 16.5. The summed E-state index contributed by atoms with van der Waals surface area (Å²) in [5.41, 5.74) is 2.17. The second-order valence-corrected chi connectivity index (χ2v) is 7.86. The molecule has 1 aromatic rings. The zero-order chi connectivity index (χ0) is 15.5. The molecule has 1 fully saturated rings. The van der Waals surface area contributed by atoms with Crippen molar-refractivity contribution in [1.29, 1.82) is 0 Å². The van der Waals surface area contributed by atoms with Gasteiger partial charge in [-0.05, 0) is 61.4 Å². The molecule has 5 heteroatoms. The first-order valence-corrected chi connectivity index (χ1v) is 9.22. The zero-order valence-corrected chi connectivity index (χ0v) is 14.0. The van der Waals surface area contributed by atoms with Gasteiger partial charge in [-0.15, -0.1) is 0 Å². The van der Waals surface area contributed by atoms with E-state index in [1.165, 1.54) is 0 Å². The summed E-state index contributed by atoms with van der Waals surface area (Å²) in [5.74, 6) is 1.16. The third kappa shape index (κ3) is 4.53. The lowest BCUT2D eigenvalue weighted by Crippen LogP contribution is -2.26. The SMILES string of the molecule is CCCNCc1cc(S(=O)(=O)NCC2CC2C)ccc1C. The molecule has 2 N–H and O–H groups in total. The summed E-state index contributed by atoms with van der Waals surface area (Å²) in [5, 5.41) is 3.32. The fourth-order valence-electron chi connectivity index (χ4n) is 2.39. The summed E-state index contributed by atoms with van der Waals surface area (Å²) in [6.07, 6.45) is 2.20. The van der Waals surface area contributed by atoms with Crippen molar-refractivity contribution in [2.24, 2.45) is 11.8 Å². The molecule has 2 unspecified atom stereocenters. The Hall–Kier alpha value is -0.910. The molecule has 21 heavy (non-hydrogen) atoms. The molecule has 0 aliphatic heterocycles. The van der Waals surface area contributed by atoms with E-state index >= 15 is 0 Å². The van der Waals surface area contributed by atoms with Crippen molar-refractivity contribution >= 4 is 10.0 Å². The van der Waals surface area contributed by atoms with Gasteiger partial charge in [0.25, 0.3) is 0 Å². The van der Waals surface area contributed by atoms with E-state index < -0.39 is 10.0 Å². The van der Waals surface area contributed by atoms with Crippen molar-refractivity contribution in [1.82, 2.24) is 10.0 Å². The topological polar surface area (TPSA) is 58.2 Å². The van der Waals surface area contributed by atoms with Crippen molar-refractivity contribution in [3.63, 3.8) is 0 Å². The lowest BCUT2D eigenvalue weighted by atomic mass is 10.1. The summed E-state index contributed by atoms with van der Waals surface area (Å²) in [7, 11) is -3.39. The van der Waals surface area contributed by atoms with Crippen LogP contribution in [-0.2, 0) is 16.6 Å². The largest absolute Gasteiger partial charge is 0.313 e. The highest BCUT2D eigenvalue weighted by Crippen LogP contribution is 2.37. The van der Waals surface area contributed by atoms with Gasteiger partial charge in [0.1, 0.15) is 0 Å². The lowest BCUT2D eigenvalue weighted by molar-refractivity contribution is 0.574. The molecule has 0 saturated heterocycles. The van der Waals surface area contributed by atoms with Gasteiger partial charge in [-0.2, -0.15) is 0 Å². The van der Waals surface area contributed by atoms with E-state index in [1.807, 2.05) is 13.0 Å². The Bertz CT molecular complexity index is 584. The van der Waals surface area contributed by atoms with Crippen LogP contribution in [0.5, 0.6) is 0 Å². The molecular weight excluding hydrogens is 284 g/mol. The van der Waals surface area contributed by atoms with Gasteiger partial charge in [-0.1, -0.05) is 19.9 Å². The molecule has 0 amide bonds. The minimum absolute atomic E-state index is 0.370. The monoisotopic (exact) mass is 310 g/mol. The lowest BCUT2D eigenvalue weighted by Gasteiger charge is -2.11. The molecule has 1 saturated carbocycles. The summed E-state index contributed by atoms with van der Waals surface area (Å²) < 4.78 is 27.4. The van der Waals surface area contributed by atoms with Crippen LogP contribution in [0, 0.1) is 18.8 Å². The van der Waals surface area contributed by atoms with Gasteiger partial charge in [0.2, 0.25) is 10.0 Å². The second-order valence-electron chi connectivity index (χ2n) is 6.09. The van der Waals surface area contributed by atoms with Crippen molar-refractivity contribution in [3.05, 3.63) is 29.3 Å². The van der Waals surface area contributed by atoms with Crippen LogP contribution in [0.15, 0.2) is 23.1 Å². The summed E-state index contributed by atoms with van der Waals surface area (Å²) >= 11 is 0. The van der Waals surface area contributed by atoms with E-state index in [9.17, 15) is 8.42 Å². The number of aryl methyl sites for hydroxylation is 1. The van der Waals surface area contributed by atoms with Crippen LogP contribution in [0.25, 0.3) is 0 Å². The van der Waals surface area contributed by atoms with Crippen molar-refractivity contribution in [2.75, 3.05) is 13.1 Å². The van der Waals surface area contributed by atoms with Crippen molar-refractivity contribution in [2.45, 2.75) is 45.1 Å². The highest BCUT2D eigenvalue weighted by atomic mass is 32.2. The Balaban J connectivity index is 2.05. The summed E-state index contributed by atoms with van der Waals surface area (Å²) in [4.78, 5) is 0.370. The van der Waals surface area contributed by atoms with Gasteiger partial charge in [-0.3, -0.25) is 0 Å². The molecule has 0 aromatic heterocycles. The van der Waals surface area contributed by atoms with Crippen LogP contribution in [-0.4, -0.2) is 21.5 Å². The van der Waals surface area contributed by atoms with Gasteiger partial charge in [0.15, 0.2) is 0 Å². The highest BCUT2D eigenvalue weighted by molar-refractivity contribution is 7.89. The molecule has 0 radical (unpaired) electrons. The van der Waals surface area contributed by atoms with Crippen molar-refractivity contribution < 1.29 is 8.42 Å². The molecule has 118 valence electrons. The maximum atomic E-state index is 12.3. The quantitative estimate of drug-likeness (QED) is 0.725. The van der Waals surface area contributed by atoms with Gasteiger partial charge in [-0.25, -0.2) is 13.1 Å². The summed E-state index contributed by atoms with van der Waals surface area (Å²) in [6.45, 7) is 8.49. The van der Waals surface area contributed by atoms with E-state index in [2.05, 4.69) is 23.9 Å². The number of benzene rings is 1. The van der Waals surface area contributed by atoms with E-state index in [0.29, 0.717) is 29.8 Å². The van der Waals surface area contributed by atoms with E-state index in [1.54, 1.807) is 12.1 Å². The molecule has 1 aliphatic carbocycles. The predicted octanol–water partition coefficient (Wildman–Crippen LogP) is 2.43. The molecule has 1 aromatic carbocycles. The van der Waals surface area contributed by atoms with Gasteiger partial charge < -0.3 is 5.32 Å². The Morgan fingerprint density at radius 3 is 2.67 bits per heavy atom. The van der Waals surface area contributed by atoms with Crippen LogP contribution in [0.1, 0.15) is 37.8 Å². The fraction of sp³-hybridized carbons (Fsp3) is 0.625. The molecule has 0 spiro atoms. The van der Waals surface area contributed by atoms with Crippen molar-refractivity contribution in [3.8, 4) is 0 Å². The number of sulfonamides is 1. The molecule has 2 rings (SSSR count). The van der Waals surface area contributed by atoms with E-state index in [4.69, 9.17) is 0 Å². The Morgan fingerprint density at radius 2 is 2.05 bits per heavy atom. The first-order chi connectivity index (χ1) is 9.94. The zero-order valence-electron chi connectivity index (χ0n) is 13.1. The van der Waals surface area contributed by atoms with Crippen LogP contribution < -0.4 is 10.0 Å². The first-order valence-electron chi connectivity index (χ1n) is 7.74. The fourth-order valence-corrected chi connectivity index (χ4v) is 3.53. The number of nitrogens with one attached hydrogen (secondary N) is 2. The third-order valence-corrected chi connectivity index (χ3v) is 5.61. The van der Waals surface area contributed by atoms with Crippen LogP contribution in [0.3, 0.4) is 0 Å². The van der Waals surface area contributed by atoms with Gasteiger partial charge in [0.05, 0.1) is 4.90 Å². The summed E-state index contributed by atoms with van der Waals surface area (Å²) in [6, 6.07) is 5.37. The molecule has 0 heterocycles. The average molecular weight is 310 g/mol. The number of hydrogen-bond donors (Lipinski definition) is 2. The minimum Gasteiger partial charge on any atom is -0.313 e. The second kappa shape index (κ2) is 6.90. The smallest absolute Gasteiger partial charge is 0.240 e. The maximum Gasteiger partial charge on any atom is 0.240 e. The molecule has 4 nitrogen and oxygen atoms in total. The Morgan fingerprint density at radius 1 is 1.33 bits per heavy atom. The highest BCUT2D eigenvalue weighted by Gasteiger charge is 2.33. The van der Waals surface area contributed by atoms with Crippen LogP contribution >= 0.6 is 0 Å². The maximum absolute atomic E-state index is 12.3. The normalized spacial score (nSPS) is 21.5. The third-order valence-electron chi connectivity index (χ3n) is 4.18. The number of rotatable bonds is 8. The van der Waals surface area contributed by atoms with E-state index in [-0.39, 0.29) is 0 Å². The van der Waals surface area contributed by atoms with Crippen LogP contribution in [0.4, 0.5) is 0 Å². The Labute approximate surface area is 128 Å². The van der Waals surface area contributed by atoms with Crippen LogP contribution in [0.2, 0.25) is 0 Å². The number of hydrogen-bond acceptors (Lipinski definition) is 3. The van der Waals surface area contributed by atoms with Gasteiger partial charge >= 0.3 is 0 Å². The molecular formula is C16H26N2O2S. The average Bonchev–Trinajstić information content (AvgIpc) is 3.15. The predicted molar refractivity (Wildman–Crippen MR) is 85.6 cm³/mol. The molecule has 1 aliphatic rings. The Kier molecular flexibility index (Phi) is 5.41. The standard InChI is InChI=1S/C16H26N2O2S/c1-4-7-17-10-15-9-16(6-5-12(15)2)21(19,20)18-11-14-8-13(14)3/h5-6,9,13-14,17-18H,4,7-8,10-11H2,1-3H3.